The predicted octanol–water partition coefficient (Wildman–Crippen LogP) is 4.27. The van der Waals surface area contributed by atoms with Crippen molar-refractivity contribution < 1.29 is 9.21 Å². The maximum atomic E-state index is 12.6. The van der Waals surface area contributed by atoms with Crippen molar-refractivity contribution in [2.75, 3.05) is 11.4 Å². The number of hydrogen-bond acceptors (Lipinski definition) is 2. The molecule has 2 heterocycles. The third-order valence-electron chi connectivity index (χ3n) is 4.34. The fourth-order valence-corrected chi connectivity index (χ4v) is 3.10. The Kier molecular flexibility index (Phi) is 3.30. The smallest absolute Gasteiger partial charge is 0.322 e. The summed E-state index contributed by atoms with van der Waals surface area (Å²) in [5.74, 6) is 0.770. The number of anilines is 1. The Labute approximate surface area is 134 Å². The zero-order valence-electron chi connectivity index (χ0n) is 13.0. The van der Waals surface area contributed by atoms with Crippen LogP contribution in [0, 0.1) is 0 Å². The fraction of sp³-hybridized carbons (Fsp3) is 0.211. The molecular weight excluding hydrogens is 288 g/mol. The molecule has 0 radical (unpaired) electrons. The van der Waals surface area contributed by atoms with E-state index < -0.39 is 0 Å². The Morgan fingerprint density at radius 2 is 1.96 bits per heavy atom. The topological polar surface area (TPSA) is 45.5 Å². The van der Waals surface area contributed by atoms with Gasteiger partial charge in [0.05, 0.1) is 6.04 Å². The second-order valence-corrected chi connectivity index (χ2v) is 5.89. The lowest BCUT2D eigenvalue weighted by Gasteiger charge is -2.20. The molecule has 2 aromatic carbocycles. The molecule has 0 saturated carbocycles. The number of carbonyl (C=O) groups is 1. The normalized spacial score (nSPS) is 14.7. The van der Waals surface area contributed by atoms with Crippen molar-refractivity contribution in [1.29, 1.82) is 0 Å². The highest BCUT2D eigenvalue weighted by Crippen LogP contribution is 2.28. The highest BCUT2D eigenvalue weighted by atomic mass is 16.3. The average molecular weight is 306 g/mol. The van der Waals surface area contributed by atoms with E-state index in [-0.39, 0.29) is 12.1 Å². The van der Waals surface area contributed by atoms with E-state index in [0.29, 0.717) is 0 Å². The van der Waals surface area contributed by atoms with E-state index in [1.807, 2.05) is 55.5 Å². The van der Waals surface area contributed by atoms with Crippen molar-refractivity contribution in [3.05, 3.63) is 65.9 Å². The molecule has 4 nitrogen and oxygen atoms in total. The minimum absolute atomic E-state index is 0.0806. The molecule has 4 heteroatoms. The van der Waals surface area contributed by atoms with Crippen molar-refractivity contribution in [3.63, 3.8) is 0 Å². The van der Waals surface area contributed by atoms with Crippen LogP contribution >= 0.6 is 0 Å². The van der Waals surface area contributed by atoms with Gasteiger partial charge in [0.1, 0.15) is 11.3 Å². The van der Waals surface area contributed by atoms with Gasteiger partial charge in [-0.2, -0.15) is 0 Å². The van der Waals surface area contributed by atoms with Crippen LogP contribution in [0.3, 0.4) is 0 Å². The van der Waals surface area contributed by atoms with E-state index in [0.717, 1.165) is 35.4 Å². The van der Waals surface area contributed by atoms with Gasteiger partial charge in [-0.15, -0.1) is 0 Å². The number of benzene rings is 2. The van der Waals surface area contributed by atoms with E-state index in [1.54, 1.807) is 4.90 Å². The molecule has 1 N–H and O–H groups in total. The van der Waals surface area contributed by atoms with Gasteiger partial charge in [0.25, 0.3) is 0 Å². The van der Waals surface area contributed by atoms with Gasteiger partial charge in [-0.1, -0.05) is 36.4 Å². The first-order valence-corrected chi connectivity index (χ1v) is 7.87. The second kappa shape index (κ2) is 5.47. The lowest BCUT2D eigenvalue weighted by Crippen LogP contribution is -2.40. The van der Waals surface area contributed by atoms with Crippen LogP contribution in [-0.4, -0.2) is 12.6 Å². The first-order chi connectivity index (χ1) is 11.2. The molecule has 3 aromatic rings. The number of urea groups is 1. The van der Waals surface area contributed by atoms with Gasteiger partial charge in [-0.25, -0.2) is 4.79 Å². The molecule has 2 amide bonds. The number of furan rings is 1. The number of nitrogens with zero attached hydrogens (tertiary/aromatic N) is 1. The Balaban J connectivity index is 1.52. The molecule has 0 fully saturated rings. The summed E-state index contributed by atoms with van der Waals surface area (Å²) in [6.07, 6.45) is 0.905. The maximum Gasteiger partial charge on any atom is 0.322 e. The van der Waals surface area contributed by atoms with Gasteiger partial charge < -0.3 is 9.73 Å². The molecule has 1 atom stereocenters. The summed E-state index contributed by atoms with van der Waals surface area (Å²) in [5.41, 5.74) is 3.07. The van der Waals surface area contributed by atoms with Crippen LogP contribution < -0.4 is 10.2 Å². The van der Waals surface area contributed by atoms with Crippen molar-refractivity contribution >= 4 is 22.7 Å². The molecule has 1 aliphatic rings. The number of hydrogen-bond donors (Lipinski definition) is 1. The van der Waals surface area contributed by atoms with E-state index >= 15 is 0 Å². The minimum atomic E-state index is -0.178. The van der Waals surface area contributed by atoms with Gasteiger partial charge in [0, 0.05) is 17.6 Å². The zero-order chi connectivity index (χ0) is 15.8. The standard InChI is InChI=1S/C19H18N2O2/c1-13(18-12-15-7-3-5-9-17(15)23-18)20-19(22)21-11-10-14-6-2-4-8-16(14)21/h2-9,12-13H,10-11H2,1H3,(H,20,22). The Bertz CT molecular complexity index is 835. The number of fused-ring (bicyclic) bond motifs is 2. The lowest BCUT2D eigenvalue weighted by molar-refractivity contribution is 0.242. The Hall–Kier alpha value is -2.75. The van der Waals surface area contributed by atoms with Crippen LogP contribution in [-0.2, 0) is 6.42 Å². The fourth-order valence-electron chi connectivity index (χ4n) is 3.10. The summed E-state index contributed by atoms with van der Waals surface area (Å²) in [4.78, 5) is 14.4. The second-order valence-electron chi connectivity index (χ2n) is 5.89. The largest absolute Gasteiger partial charge is 0.459 e. The summed E-state index contributed by atoms with van der Waals surface area (Å²) < 4.78 is 5.83. The summed E-state index contributed by atoms with van der Waals surface area (Å²) in [7, 11) is 0. The third kappa shape index (κ3) is 2.46. The number of rotatable bonds is 2. The molecule has 4 rings (SSSR count). The molecule has 0 aliphatic carbocycles. The third-order valence-corrected chi connectivity index (χ3v) is 4.34. The molecule has 23 heavy (non-hydrogen) atoms. The first-order valence-electron chi connectivity index (χ1n) is 7.87. The minimum Gasteiger partial charge on any atom is -0.459 e. The predicted molar refractivity (Wildman–Crippen MR) is 90.7 cm³/mol. The Morgan fingerprint density at radius 1 is 1.17 bits per heavy atom. The molecule has 1 unspecified atom stereocenters. The molecule has 0 saturated heterocycles. The SMILES string of the molecule is CC(NC(=O)N1CCc2ccccc21)c1cc2ccccc2o1. The van der Waals surface area contributed by atoms with Gasteiger partial charge in [-0.3, -0.25) is 4.90 Å². The van der Waals surface area contributed by atoms with Crippen LogP contribution in [0.2, 0.25) is 0 Å². The van der Waals surface area contributed by atoms with Crippen molar-refractivity contribution in [2.24, 2.45) is 0 Å². The van der Waals surface area contributed by atoms with E-state index in [9.17, 15) is 4.79 Å². The number of carbonyl (C=O) groups excluding carboxylic acids is 1. The molecule has 0 bridgehead atoms. The summed E-state index contributed by atoms with van der Waals surface area (Å²) in [6, 6.07) is 17.6. The summed E-state index contributed by atoms with van der Waals surface area (Å²) in [6.45, 7) is 2.66. The number of amides is 2. The molecule has 0 spiro atoms. The molecule has 1 aliphatic heterocycles. The summed E-state index contributed by atoms with van der Waals surface area (Å²) >= 11 is 0. The zero-order valence-corrected chi connectivity index (χ0v) is 13.0. The monoisotopic (exact) mass is 306 g/mol. The van der Waals surface area contributed by atoms with Crippen LogP contribution in [0.15, 0.2) is 59.0 Å². The van der Waals surface area contributed by atoms with Gasteiger partial charge >= 0.3 is 6.03 Å². The lowest BCUT2D eigenvalue weighted by atomic mass is 10.2. The van der Waals surface area contributed by atoms with E-state index in [4.69, 9.17) is 4.42 Å². The molecular formula is C19H18N2O2. The molecule has 1 aromatic heterocycles. The average Bonchev–Trinajstić information content (AvgIpc) is 3.18. The van der Waals surface area contributed by atoms with Gasteiger partial charge in [0.2, 0.25) is 0 Å². The van der Waals surface area contributed by atoms with E-state index in [1.165, 1.54) is 5.56 Å². The van der Waals surface area contributed by atoms with Gasteiger partial charge in [0.15, 0.2) is 0 Å². The molecule has 116 valence electrons. The number of para-hydroxylation sites is 2. The summed E-state index contributed by atoms with van der Waals surface area (Å²) in [5, 5.41) is 4.08. The highest BCUT2D eigenvalue weighted by molar-refractivity contribution is 5.94. The Morgan fingerprint density at radius 3 is 2.83 bits per heavy atom. The van der Waals surface area contributed by atoms with Crippen LogP contribution in [0.5, 0.6) is 0 Å². The quantitative estimate of drug-likeness (QED) is 0.768. The van der Waals surface area contributed by atoms with Crippen molar-refractivity contribution in [3.8, 4) is 0 Å². The van der Waals surface area contributed by atoms with Crippen molar-refractivity contribution in [2.45, 2.75) is 19.4 Å². The van der Waals surface area contributed by atoms with Crippen molar-refractivity contribution in [1.82, 2.24) is 5.32 Å². The van der Waals surface area contributed by atoms with Crippen LogP contribution in [0.1, 0.15) is 24.3 Å². The van der Waals surface area contributed by atoms with Gasteiger partial charge in [-0.05, 0) is 37.1 Å². The van der Waals surface area contributed by atoms with Crippen LogP contribution in [0.25, 0.3) is 11.0 Å². The highest BCUT2D eigenvalue weighted by Gasteiger charge is 2.25. The first kappa shape index (κ1) is 13.9. The van der Waals surface area contributed by atoms with Crippen LogP contribution in [0.4, 0.5) is 10.5 Å². The number of nitrogens with one attached hydrogen (secondary N) is 1. The maximum absolute atomic E-state index is 12.6. The van der Waals surface area contributed by atoms with E-state index in [2.05, 4.69) is 11.4 Å².